The monoisotopic (exact) mass is 454 g/mol. The van der Waals surface area contributed by atoms with E-state index in [9.17, 15) is 27.2 Å². The van der Waals surface area contributed by atoms with Gasteiger partial charge < -0.3 is 10.2 Å². The van der Waals surface area contributed by atoms with Gasteiger partial charge >= 0.3 is 6.03 Å². The van der Waals surface area contributed by atoms with Crippen LogP contribution in [0.5, 0.6) is 0 Å². The van der Waals surface area contributed by atoms with Crippen molar-refractivity contribution < 1.29 is 27.2 Å². The molecule has 0 bridgehead atoms. The Morgan fingerprint density at radius 1 is 1.16 bits per heavy atom. The lowest BCUT2D eigenvalue weighted by Gasteiger charge is -2.33. The number of halogens is 1. The van der Waals surface area contributed by atoms with Crippen molar-refractivity contribution in [1.29, 1.82) is 0 Å². The van der Waals surface area contributed by atoms with Gasteiger partial charge in [0.15, 0.2) is 0 Å². The smallest absolute Gasteiger partial charge is 0.325 e. The van der Waals surface area contributed by atoms with Crippen molar-refractivity contribution in [1.82, 2.24) is 19.8 Å². The first-order valence-electron chi connectivity index (χ1n) is 10.3. The van der Waals surface area contributed by atoms with E-state index in [1.807, 2.05) is 13.8 Å². The van der Waals surface area contributed by atoms with Crippen LogP contribution in [0.4, 0.5) is 9.18 Å². The van der Waals surface area contributed by atoms with Gasteiger partial charge in [-0.15, -0.1) is 0 Å². The standard InChI is InChI=1S/C20H27FN4O5S/c1-3-20(4-2)18(27)25(19(28)22-20)13-17(26)24-11-9-15(10-12-24)23-31(29,30)16-7-5-14(21)6-8-16/h5-8,15,23H,3-4,9-13H2,1-2H3,(H,22,28). The first-order valence-corrected chi connectivity index (χ1v) is 11.8. The number of hydrogen-bond acceptors (Lipinski definition) is 5. The SMILES string of the molecule is CCC1(CC)NC(=O)N(CC(=O)N2CCC(NS(=O)(=O)c3ccc(F)cc3)CC2)C1=O. The minimum absolute atomic E-state index is 0.0266. The lowest BCUT2D eigenvalue weighted by Crippen LogP contribution is -2.50. The Morgan fingerprint density at radius 2 is 1.74 bits per heavy atom. The molecule has 9 nitrogen and oxygen atoms in total. The van der Waals surface area contributed by atoms with Crippen molar-refractivity contribution in [3.63, 3.8) is 0 Å². The van der Waals surface area contributed by atoms with Gasteiger partial charge in [0, 0.05) is 19.1 Å². The molecule has 1 aromatic carbocycles. The third-order valence-corrected chi connectivity index (χ3v) is 7.58. The zero-order chi connectivity index (χ0) is 22.8. The van der Waals surface area contributed by atoms with Crippen LogP contribution in [-0.2, 0) is 19.6 Å². The Kier molecular flexibility index (Phi) is 6.65. The molecule has 11 heteroatoms. The number of rotatable bonds is 7. The molecule has 2 fully saturated rings. The second-order valence-corrected chi connectivity index (χ2v) is 9.55. The average Bonchev–Trinajstić information content (AvgIpc) is 2.99. The fraction of sp³-hybridized carbons (Fsp3) is 0.550. The van der Waals surface area contributed by atoms with Crippen LogP contribution in [0.15, 0.2) is 29.2 Å². The number of sulfonamides is 1. The number of piperidine rings is 1. The number of nitrogens with zero attached hydrogens (tertiary/aromatic N) is 2. The van der Waals surface area contributed by atoms with Crippen molar-refractivity contribution in [3.05, 3.63) is 30.1 Å². The molecule has 2 heterocycles. The fourth-order valence-electron chi connectivity index (χ4n) is 3.93. The molecule has 2 aliphatic heterocycles. The molecule has 2 saturated heterocycles. The van der Waals surface area contributed by atoms with Crippen LogP contribution in [0.3, 0.4) is 0 Å². The van der Waals surface area contributed by atoms with Gasteiger partial charge in [-0.3, -0.25) is 14.5 Å². The number of urea groups is 1. The van der Waals surface area contributed by atoms with E-state index in [1.54, 1.807) is 0 Å². The maximum atomic E-state index is 13.0. The molecule has 0 aromatic heterocycles. The molecule has 0 saturated carbocycles. The summed E-state index contributed by atoms with van der Waals surface area (Å²) >= 11 is 0. The molecule has 170 valence electrons. The molecule has 0 spiro atoms. The van der Waals surface area contributed by atoms with Gasteiger partial charge in [0.1, 0.15) is 17.9 Å². The highest BCUT2D eigenvalue weighted by molar-refractivity contribution is 7.89. The zero-order valence-corrected chi connectivity index (χ0v) is 18.4. The minimum Gasteiger partial charge on any atom is -0.341 e. The predicted octanol–water partition coefficient (Wildman–Crippen LogP) is 1.21. The van der Waals surface area contributed by atoms with Crippen LogP contribution >= 0.6 is 0 Å². The van der Waals surface area contributed by atoms with E-state index in [2.05, 4.69) is 10.0 Å². The topological polar surface area (TPSA) is 116 Å². The largest absolute Gasteiger partial charge is 0.341 e. The average molecular weight is 455 g/mol. The first-order chi connectivity index (χ1) is 14.6. The van der Waals surface area contributed by atoms with Crippen molar-refractivity contribution in [3.8, 4) is 0 Å². The highest BCUT2D eigenvalue weighted by atomic mass is 32.2. The second kappa shape index (κ2) is 8.91. The predicted molar refractivity (Wildman–Crippen MR) is 110 cm³/mol. The number of imide groups is 1. The summed E-state index contributed by atoms with van der Waals surface area (Å²) in [5.41, 5.74) is -0.955. The van der Waals surface area contributed by atoms with Gasteiger partial charge in [-0.05, 0) is 49.9 Å². The molecule has 3 rings (SSSR count). The molecule has 4 amide bonds. The summed E-state index contributed by atoms with van der Waals surface area (Å²) < 4.78 is 40.5. The molecule has 1 aromatic rings. The van der Waals surface area contributed by atoms with Gasteiger partial charge in [0.2, 0.25) is 15.9 Å². The van der Waals surface area contributed by atoms with Gasteiger partial charge in [0.05, 0.1) is 4.90 Å². The Hall–Kier alpha value is -2.53. The number of nitrogens with one attached hydrogen (secondary N) is 2. The quantitative estimate of drug-likeness (QED) is 0.601. The summed E-state index contributed by atoms with van der Waals surface area (Å²) in [7, 11) is -3.79. The summed E-state index contributed by atoms with van der Waals surface area (Å²) in [6, 6.07) is 3.62. The summed E-state index contributed by atoms with van der Waals surface area (Å²) in [6.45, 7) is 3.88. The number of benzene rings is 1. The Labute approximate surface area is 181 Å². The fourth-order valence-corrected chi connectivity index (χ4v) is 5.24. The van der Waals surface area contributed by atoms with Crippen molar-refractivity contribution in [2.45, 2.75) is 56.0 Å². The molecule has 2 N–H and O–H groups in total. The highest BCUT2D eigenvalue weighted by Crippen LogP contribution is 2.25. The van der Waals surface area contributed by atoms with E-state index >= 15 is 0 Å². The normalized spacial score (nSPS) is 19.6. The lowest BCUT2D eigenvalue weighted by molar-refractivity contribution is -0.139. The molecule has 0 atom stereocenters. The first kappa shape index (κ1) is 23.1. The molecule has 31 heavy (non-hydrogen) atoms. The van der Waals surface area contributed by atoms with Gasteiger partial charge in [0.25, 0.3) is 5.91 Å². The molecule has 0 aliphatic carbocycles. The number of carbonyl (C=O) groups excluding carboxylic acids is 3. The zero-order valence-electron chi connectivity index (χ0n) is 17.6. The van der Waals surface area contributed by atoms with Crippen molar-refractivity contribution >= 4 is 27.9 Å². The van der Waals surface area contributed by atoms with Crippen LogP contribution in [0, 0.1) is 5.82 Å². The van der Waals surface area contributed by atoms with Crippen LogP contribution < -0.4 is 10.0 Å². The third kappa shape index (κ3) is 4.72. The van der Waals surface area contributed by atoms with E-state index in [4.69, 9.17) is 0 Å². The summed E-state index contributed by atoms with van der Waals surface area (Å²) in [4.78, 5) is 40.0. The second-order valence-electron chi connectivity index (χ2n) is 7.84. The Balaban J connectivity index is 1.55. The van der Waals surface area contributed by atoms with Gasteiger partial charge in [-0.2, -0.15) is 0 Å². The third-order valence-electron chi connectivity index (χ3n) is 6.04. The molecule has 2 aliphatic rings. The van der Waals surface area contributed by atoms with Gasteiger partial charge in [-0.1, -0.05) is 13.8 Å². The van der Waals surface area contributed by atoms with Crippen LogP contribution in [-0.4, -0.2) is 67.3 Å². The molecular weight excluding hydrogens is 427 g/mol. The maximum Gasteiger partial charge on any atom is 0.325 e. The minimum atomic E-state index is -3.79. The van der Waals surface area contributed by atoms with Crippen LogP contribution in [0.2, 0.25) is 0 Å². The Bertz CT molecular complexity index is 954. The van der Waals surface area contributed by atoms with E-state index < -0.39 is 33.3 Å². The summed E-state index contributed by atoms with van der Waals surface area (Å²) in [5.74, 6) is -1.27. The van der Waals surface area contributed by atoms with Crippen molar-refractivity contribution in [2.24, 2.45) is 0 Å². The summed E-state index contributed by atoms with van der Waals surface area (Å²) in [6.07, 6.45) is 1.66. The molecular formula is C20H27FN4O5S. The number of hydrogen-bond donors (Lipinski definition) is 2. The molecule has 0 unspecified atom stereocenters. The lowest BCUT2D eigenvalue weighted by atomic mass is 9.93. The maximum absolute atomic E-state index is 13.0. The number of carbonyl (C=O) groups is 3. The van der Waals surface area contributed by atoms with E-state index in [1.165, 1.54) is 17.0 Å². The highest BCUT2D eigenvalue weighted by Gasteiger charge is 2.49. The van der Waals surface area contributed by atoms with Crippen molar-refractivity contribution in [2.75, 3.05) is 19.6 Å². The van der Waals surface area contributed by atoms with E-state index in [0.717, 1.165) is 17.0 Å². The van der Waals surface area contributed by atoms with Crippen LogP contribution in [0.25, 0.3) is 0 Å². The number of likely N-dealkylation sites (tertiary alicyclic amines) is 1. The summed E-state index contributed by atoms with van der Waals surface area (Å²) in [5, 5.41) is 2.69. The Morgan fingerprint density at radius 3 is 2.26 bits per heavy atom. The molecule has 0 radical (unpaired) electrons. The van der Waals surface area contributed by atoms with E-state index in [0.29, 0.717) is 38.8 Å². The van der Waals surface area contributed by atoms with Gasteiger partial charge in [-0.25, -0.2) is 22.3 Å². The number of amides is 4. The van der Waals surface area contributed by atoms with E-state index in [-0.39, 0.29) is 23.4 Å². The van der Waals surface area contributed by atoms with Crippen LogP contribution in [0.1, 0.15) is 39.5 Å².